The van der Waals surface area contributed by atoms with Crippen LogP contribution >= 0.6 is 0 Å². The molecule has 0 saturated heterocycles. The number of anilines is 1. The lowest BCUT2D eigenvalue weighted by molar-refractivity contribution is -0.384. The molecule has 128 valence electrons. The van der Waals surface area contributed by atoms with Gasteiger partial charge in [0, 0.05) is 17.7 Å². The number of carbonyl (C=O) groups is 1. The Labute approximate surface area is 142 Å². The predicted molar refractivity (Wildman–Crippen MR) is 94.1 cm³/mol. The van der Waals surface area contributed by atoms with Crippen LogP contribution in [0.2, 0.25) is 0 Å². The molecule has 0 aliphatic rings. The van der Waals surface area contributed by atoms with Crippen molar-refractivity contribution in [1.82, 2.24) is 9.97 Å². The van der Waals surface area contributed by atoms with Gasteiger partial charge < -0.3 is 15.3 Å². The first-order valence-corrected chi connectivity index (χ1v) is 7.63. The quantitative estimate of drug-likeness (QED) is 0.374. The smallest absolute Gasteiger partial charge is 0.323 e. The van der Waals surface area contributed by atoms with Crippen LogP contribution in [0.25, 0.3) is 11.0 Å². The van der Waals surface area contributed by atoms with Crippen LogP contribution in [-0.4, -0.2) is 20.7 Å². The maximum absolute atomic E-state index is 11.4. The van der Waals surface area contributed by atoms with Crippen molar-refractivity contribution >= 4 is 28.2 Å². The van der Waals surface area contributed by atoms with E-state index in [-0.39, 0.29) is 28.8 Å². The number of carbonyl (C=O) groups excluding carboxylic acids is 1. The van der Waals surface area contributed by atoms with Crippen molar-refractivity contribution in [2.45, 2.75) is 19.9 Å². The molecule has 0 saturated carbocycles. The summed E-state index contributed by atoms with van der Waals surface area (Å²) in [6, 6.07) is 9.52. The Balaban J connectivity index is 1.93. The van der Waals surface area contributed by atoms with E-state index < -0.39 is 4.92 Å². The van der Waals surface area contributed by atoms with Crippen LogP contribution in [0.4, 0.5) is 11.4 Å². The first-order valence-electron chi connectivity index (χ1n) is 7.63. The fraction of sp³-hybridized carbons (Fsp3) is 0.176. The van der Waals surface area contributed by atoms with E-state index in [1.807, 2.05) is 13.0 Å². The number of H-pyrrole nitrogens is 2. The Morgan fingerprint density at radius 3 is 2.56 bits per heavy atom. The van der Waals surface area contributed by atoms with Crippen LogP contribution in [-0.2, 0) is 0 Å². The number of nitrogens with zero attached hydrogens (tertiary/aromatic N) is 1. The summed E-state index contributed by atoms with van der Waals surface area (Å²) in [4.78, 5) is 38.9. The van der Waals surface area contributed by atoms with Crippen molar-refractivity contribution in [2.24, 2.45) is 0 Å². The Kier molecular flexibility index (Phi) is 4.10. The van der Waals surface area contributed by atoms with E-state index >= 15 is 0 Å². The van der Waals surface area contributed by atoms with E-state index in [0.29, 0.717) is 16.7 Å². The zero-order valence-corrected chi connectivity index (χ0v) is 13.6. The second-order valence-corrected chi connectivity index (χ2v) is 5.80. The Bertz CT molecular complexity index is 1030. The predicted octanol–water partition coefficient (Wildman–Crippen LogP) is 3.14. The Morgan fingerprint density at radius 2 is 1.88 bits per heavy atom. The van der Waals surface area contributed by atoms with E-state index in [4.69, 9.17) is 0 Å². The van der Waals surface area contributed by atoms with Gasteiger partial charge >= 0.3 is 5.69 Å². The highest BCUT2D eigenvalue weighted by Crippen LogP contribution is 2.30. The number of nitro benzene ring substituents is 1. The van der Waals surface area contributed by atoms with Crippen molar-refractivity contribution in [1.29, 1.82) is 0 Å². The van der Waals surface area contributed by atoms with E-state index in [0.717, 1.165) is 5.56 Å². The lowest BCUT2D eigenvalue weighted by Crippen LogP contribution is -2.09. The highest BCUT2D eigenvalue weighted by atomic mass is 16.6. The van der Waals surface area contributed by atoms with Gasteiger partial charge in [0.1, 0.15) is 5.69 Å². The van der Waals surface area contributed by atoms with Gasteiger partial charge in [0.2, 0.25) is 0 Å². The molecule has 0 amide bonds. The summed E-state index contributed by atoms with van der Waals surface area (Å²) in [5.74, 6) is -0.232. The minimum absolute atomic E-state index is 0.157. The normalized spacial score (nSPS) is 12.1. The topological polar surface area (TPSA) is 121 Å². The molecule has 8 heteroatoms. The second kappa shape index (κ2) is 6.23. The van der Waals surface area contributed by atoms with Gasteiger partial charge in [0.05, 0.1) is 16.0 Å². The molecule has 1 heterocycles. The molecule has 3 N–H and O–H groups in total. The van der Waals surface area contributed by atoms with Crippen LogP contribution in [0.15, 0.2) is 41.2 Å². The lowest BCUT2D eigenvalue weighted by Gasteiger charge is -2.16. The van der Waals surface area contributed by atoms with Crippen molar-refractivity contribution in [2.75, 3.05) is 5.32 Å². The number of nitrogens with one attached hydrogen (secondary N) is 3. The van der Waals surface area contributed by atoms with Gasteiger partial charge in [-0.05, 0) is 43.7 Å². The zero-order valence-electron chi connectivity index (χ0n) is 13.6. The average molecular weight is 340 g/mol. The number of Topliss-reactive ketones (excluding diaryl/α,β-unsaturated/α-hetero) is 1. The molecule has 0 spiro atoms. The number of hydrogen-bond donors (Lipinski definition) is 3. The van der Waals surface area contributed by atoms with Gasteiger partial charge in [-0.15, -0.1) is 0 Å². The van der Waals surface area contributed by atoms with Crippen LogP contribution in [0.5, 0.6) is 0 Å². The molecule has 1 aromatic heterocycles. The number of nitro groups is 1. The summed E-state index contributed by atoms with van der Waals surface area (Å²) in [6.45, 7) is 3.22. The van der Waals surface area contributed by atoms with Gasteiger partial charge in [-0.25, -0.2) is 4.79 Å². The SMILES string of the molecule is CC(=O)c1ccc(NC(C)c2ccc3[nH]c(=O)[nH]c3c2)c([N+](=O)[O-])c1. The molecular weight excluding hydrogens is 324 g/mol. The second-order valence-electron chi connectivity index (χ2n) is 5.80. The third-order valence-corrected chi connectivity index (χ3v) is 4.01. The summed E-state index contributed by atoms with van der Waals surface area (Å²) in [5, 5.41) is 14.4. The first kappa shape index (κ1) is 16.4. The molecule has 2 aromatic carbocycles. The summed E-state index contributed by atoms with van der Waals surface area (Å²) in [5.41, 5.74) is 2.38. The maximum Gasteiger partial charge on any atom is 0.323 e. The molecule has 0 bridgehead atoms. The van der Waals surface area contributed by atoms with E-state index in [2.05, 4.69) is 15.3 Å². The van der Waals surface area contributed by atoms with E-state index in [1.54, 1.807) is 18.2 Å². The minimum Gasteiger partial charge on any atom is -0.373 e. The van der Waals surface area contributed by atoms with Crippen molar-refractivity contribution < 1.29 is 9.72 Å². The highest BCUT2D eigenvalue weighted by molar-refractivity contribution is 5.95. The van der Waals surface area contributed by atoms with E-state index in [9.17, 15) is 19.7 Å². The maximum atomic E-state index is 11.4. The number of aromatic amines is 2. The van der Waals surface area contributed by atoms with Crippen molar-refractivity contribution in [3.05, 3.63) is 68.1 Å². The van der Waals surface area contributed by atoms with Gasteiger partial charge in [-0.3, -0.25) is 14.9 Å². The summed E-state index contributed by atoms with van der Waals surface area (Å²) in [7, 11) is 0. The standard InChI is InChI=1S/C17H16N4O4/c1-9(11-3-5-13-15(7-11)20-17(23)19-13)18-14-6-4-12(10(2)22)8-16(14)21(24)25/h3-9,18H,1-2H3,(H2,19,20,23). The zero-order chi connectivity index (χ0) is 18.1. The molecule has 25 heavy (non-hydrogen) atoms. The monoisotopic (exact) mass is 340 g/mol. The van der Waals surface area contributed by atoms with Crippen molar-refractivity contribution in [3.63, 3.8) is 0 Å². The number of ketones is 1. The van der Waals surface area contributed by atoms with Crippen LogP contribution in [0.1, 0.15) is 35.8 Å². The van der Waals surface area contributed by atoms with Crippen LogP contribution in [0.3, 0.4) is 0 Å². The molecule has 0 aliphatic heterocycles. The molecule has 3 rings (SSSR count). The van der Waals surface area contributed by atoms with Gasteiger partial charge in [0.15, 0.2) is 5.78 Å². The van der Waals surface area contributed by atoms with Gasteiger partial charge in [0.25, 0.3) is 5.69 Å². The van der Waals surface area contributed by atoms with Gasteiger partial charge in [-0.1, -0.05) is 6.07 Å². The number of benzene rings is 2. The number of aromatic nitrogens is 2. The van der Waals surface area contributed by atoms with Crippen molar-refractivity contribution in [3.8, 4) is 0 Å². The van der Waals surface area contributed by atoms with Crippen LogP contribution < -0.4 is 11.0 Å². The number of hydrogen-bond acceptors (Lipinski definition) is 5. The molecule has 1 unspecified atom stereocenters. The average Bonchev–Trinajstić information content (AvgIpc) is 2.93. The summed E-state index contributed by atoms with van der Waals surface area (Å²) < 4.78 is 0. The molecule has 0 radical (unpaired) electrons. The summed E-state index contributed by atoms with van der Waals surface area (Å²) >= 11 is 0. The van der Waals surface area contributed by atoms with Crippen LogP contribution in [0, 0.1) is 10.1 Å². The third-order valence-electron chi connectivity index (χ3n) is 4.01. The largest absolute Gasteiger partial charge is 0.373 e. The Hall–Kier alpha value is -3.42. The number of rotatable bonds is 5. The number of imidazole rings is 1. The molecule has 0 fully saturated rings. The fourth-order valence-corrected chi connectivity index (χ4v) is 2.66. The molecule has 8 nitrogen and oxygen atoms in total. The molecule has 1 atom stereocenters. The van der Waals surface area contributed by atoms with E-state index in [1.165, 1.54) is 19.1 Å². The molecule has 3 aromatic rings. The minimum atomic E-state index is -0.520. The molecule has 0 aliphatic carbocycles. The fourth-order valence-electron chi connectivity index (χ4n) is 2.66. The summed E-state index contributed by atoms with van der Waals surface area (Å²) in [6.07, 6.45) is 0. The third kappa shape index (κ3) is 3.27. The van der Waals surface area contributed by atoms with Gasteiger partial charge in [-0.2, -0.15) is 0 Å². The Morgan fingerprint density at radius 1 is 1.16 bits per heavy atom. The number of fused-ring (bicyclic) bond motifs is 1. The molecular formula is C17H16N4O4. The first-order chi connectivity index (χ1) is 11.8. The highest BCUT2D eigenvalue weighted by Gasteiger charge is 2.18. The lowest BCUT2D eigenvalue weighted by atomic mass is 10.1.